The van der Waals surface area contributed by atoms with Crippen molar-refractivity contribution in [2.45, 2.75) is 37.4 Å². The van der Waals surface area contributed by atoms with Crippen LogP contribution in [-0.2, 0) is 40.0 Å². The first-order chi connectivity index (χ1) is 22.3. The van der Waals surface area contributed by atoms with E-state index in [9.17, 15) is 24.3 Å². The number of nitrogen functional groups attached to an aromatic ring is 1. The third-order valence-corrected chi connectivity index (χ3v) is 7.14. The molecule has 4 heterocycles. The molecule has 1 amide bonds. The van der Waals surface area contributed by atoms with E-state index in [1.54, 1.807) is 0 Å². The summed E-state index contributed by atoms with van der Waals surface area (Å²) in [6.45, 7) is 3.27. The lowest BCUT2D eigenvalue weighted by Gasteiger charge is -2.20. The van der Waals surface area contributed by atoms with Crippen LogP contribution in [0.25, 0.3) is 11.2 Å². The second kappa shape index (κ2) is 14.8. The number of aliphatic hydroxyl groups is 1. The van der Waals surface area contributed by atoms with Crippen LogP contribution in [0.15, 0.2) is 46.5 Å². The lowest BCUT2D eigenvalue weighted by atomic mass is 10.1. The molecule has 0 spiro atoms. The zero-order valence-corrected chi connectivity index (χ0v) is 24.8. The fourth-order valence-corrected chi connectivity index (χ4v) is 5.10. The number of fused-ring (bicyclic) bond motifs is 2. The van der Waals surface area contributed by atoms with Crippen LogP contribution in [0.4, 0.5) is 5.95 Å². The predicted molar refractivity (Wildman–Crippen MR) is 157 cm³/mol. The normalized spacial score (nSPS) is 22.2. The highest BCUT2D eigenvalue weighted by molar-refractivity contribution is 5.96. The van der Waals surface area contributed by atoms with Gasteiger partial charge >= 0.3 is 11.7 Å². The average Bonchev–Trinajstić information content (AvgIpc) is 3.70. The van der Waals surface area contributed by atoms with Crippen LogP contribution in [0.1, 0.15) is 26.9 Å². The number of carbonyl (C=O) groups is 2. The molecule has 2 aliphatic heterocycles. The number of nitrogens with zero attached hydrogens (tertiary/aromatic N) is 3. The zero-order chi connectivity index (χ0) is 32.8. The van der Waals surface area contributed by atoms with Gasteiger partial charge in [0.05, 0.1) is 25.4 Å². The van der Waals surface area contributed by atoms with Crippen LogP contribution in [0.5, 0.6) is 0 Å². The Kier molecular flexibility index (Phi) is 10.6. The number of hydrogen-bond donors (Lipinski definition) is 4. The van der Waals surface area contributed by atoms with Crippen molar-refractivity contribution in [3.05, 3.63) is 68.9 Å². The minimum Gasteiger partial charge on any atom is -0.460 e. The fourth-order valence-electron chi connectivity index (χ4n) is 5.10. The first kappa shape index (κ1) is 32.9. The Labute approximate surface area is 260 Å². The summed E-state index contributed by atoms with van der Waals surface area (Å²) in [5.74, 6) is -1.03. The monoisotopic (exact) mass is 646 g/mol. The highest BCUT2D eigenvalue weighted by Crippen LogP contribution is 2.39. The molecule has 5 rings (SSSR count). The molecule has 18 nitrogen and oxygen atoms in total. The Balaban J connectivity index is 1.07. The Bertz CT molecular complexity index is 1670. The van der Waals surface area contributed by atoms with Gasteiger partial charge in [-0.1, -0.05) is 6.08 Å². The van der Waals surface area contributed by atoms with Crippen LogP contribution >= 0.6 is 0 Å². The molecular formula is C28H34N6O12. The molecule has 0 radical (unpaired) electrons. The molecule has 0 bridgehead atoms. The van der Waals surface area contributed by atoms with Gasteiger partial charge in [0.15, 0.2) is 23.7 Å². The van der Waals surface area contributed by atoms with E-state index in [0.29, 0.717) is 5.56 Å². The number of aromatic nitrogens is 4. The van der Waals surface area contributed by atoms with E-state index in [1.807, 2.05) is 0 Å². The first-order valence-electron chi connectivity index (χ1n) is 14.3. The van der Waals surface area contributed by atoms with Crippen molar-refractivity contribution in [2.75, 3.05) is 52.4 Å². The summed E-state index contributed by atoms with van der Waals surface area (Å²) in [5.41, 5.74) is 5.22. The van der Waals surface area contributed by atoms with Crippen molar-refractivity contribution in [1.82, 2.24) is 24.4 Å². The summed E-state index contributed by atoms with van der Waals surface area (Å²) in [6, 6.07) is 6.01. The molecule has 2 aromatic heterocycles. The number of nitrogens with two attached hydrogens (primary N) is 1. The lowest BCUT2D eigenvalue weighted by Crippen LogP contribution is -2.34. The average molecular weight is 647 g/mol. The Morgan fingerprint density at radius 3 is 2.48 bits per heavy atom. The number of H-pyrrole nitrogens is 1. The molecule has 248 valence electrons. The molecule has 5 atom stereocenters. The van der Waals surface area contributed by atoms with Gasteiger partial charge in [0.25, 0.3) is 11.5 Å². The summed E-state index contributed by atoms with van der Waals surface area (Å²) in [7, 11) is 1.51. The number of carbonyl (C=O) groups excluding carboxylic acids is 2. The number of ether oxygens (including phenoxy) is 5. The number of anilines is 1. The van der Waals surface area contributed by atoms with E-state index in [0.717, 1.165) is 4.57 Å². The van der Waals surface area contributed by atoms with Gasteiger partial charge in [0, 0.05) is 19.2 Å². The standard InChI is InChI=1S/C28H34N6O12/c1-3-8-33-19-22(31-27(29)32-24(19)37)34(28(33)39)25-21-20(17(13-35)44-25)45-18(46-21)14-40-9-11-42-43-12-10-41-26(38)16-6-4-15(5-7-16)23(36)30-2/h3-7,17-18,20-21,25,35H,1,8-14H2,2H3,(H,30,36)(H3,29,31,32,37)/t17-,18?,20-,21-,25-/m1/s1. The molecule has 18 heteroatoms. The van der Waals surface area contributed by atoms with Gasteiger partial charge in [0.2, 0.25) is 5.95 Å². The molecule has 0 aliphatic carbocycles. The highest BCUT2D eigenvalue weighted by Gasteiger charge is 2.54. The van der Waals surface area contributed by atoms with Crippen molar-refractivity contribution in [3.8, 4) is 0 Å². The number of imidazole rings is 1. The molecular weight excluding hydrogens is 612 g/mol. The molecule has 46 heavy (non-hydrogen) atoms. The topological polar surface area (TPSA) is 230 Å². The SMILES string of the molecule is C=CCn1c(=O)n([C@@H]2O[C@H](CO)[C@H]3OC(COCCOOCCOC(=O)c4ccc(C(=O)NC)cc4)O[C@H]32)c2nc(N)[nH]c(=O)c21. The number of aromatic amines is 1. The van der Waals surface area contributed by atoms with Crippen molar-refractivity contribution in [2.24, 2.45) is 0 Å². The second-order valence-corrected chi connectivity index (χ2v) is 10.1. The van der Waals surface area contributed by atoms with Gasteiger partial charge in [-0.15, -0.1) is 6.58 Å². The van der Waals surface area contributed by atoms with Crippen LogP contribution in [0.3, 0.4) is 0 Å². The molecule has 0 saturated carbocycles. The van der Waals surface area contributed by atoms with Gasteiger partial charge in [-0.2, -0.15) is 4.98 Å². The third kappa shape index (κ3) is 6.87. The van der Waals surface area contributed by atoms with Crippen molar-refractivity contribution in [3.63, 3.8) is 0 Å². The van der Waals surface area contributed by atoms with E-state index in [1.165, 1.54) is 42.0 Å². The van der Waals surface area contributed by atoms with E-state index in [2.05, 4.69) is 21.9 Å². The number of rotatable bonds is 15. The van der Waals surface area contributed by atoms with Gasteiger partial charge in [-0.05, 0) is 24.3 Å². The number of amides is 1. The number of nitrogens with one attached hydrogen (secondary N) is 2. The molecule has 3 aromatic rings. The molecule has 1 aromatic carbocycles. The maximum absolute atomic E-state index is 13.4. The zero-order valence-electron chi connectivity index (χ0n) is 24.8. The third-order valence-electron chi connectivity index (χ3n) is 7.14. The van der Waals surface area contributed by atoms with E-state index >= 15 is 0 Å². The van der Waals surface area contributed by atoms with Gasteiger partial charge in [-0.3, -0.25) is 19.1 Å². The van der Waals surface area contributed by atoms with Crippen LogP contribution in [0, 0.1) is 0 Å². The predicted octanol–water partition coefficient (Wildman–Crippen LogP) is -1.16. The smallest absolute Gasteiger partial charge is 0.338 e. The Morgan fingerprint density at radius 1 is 1.09 bits per heavy atom. The van der Waals surface area contributed by atoms with Crippen molar-refractivity contribution < 1.29 is 48.2 Å². The van der Waals surface area contributed by atoms with E-state index < -0.39 is 54.7 Å². The summed E-state index contributed by atoms with van der Waals surface area (Å²) in [5, 5.41) is 12.4. The number of allylic oxidation sites excluding steroid dienone is 1. The van der Waals surface area contributed by atoms with Crippen LogP contribution in [-0.4, -0.2) is 107 Å². The van der Waals surface area contributed by atoms with Crippen LogP contribution in [0.2, 0.25) is 0 Å². The summed E-state index contributed by atoms with van der Waals surface area (Å²) in [6.07, 6.45) is -2.92. The molecule has 2 aliphatic rings. The second-order valence-electron chi connectivity index (χ2n) is 10.1. The summed E-state index contributed by atoms with van der Waals surface area (Å²) in [4.78, 5) is 66.3. The van der Waals surface area contributed by atoms with E-state index in [-0.39, 0.29) is 68.2 Å². The van der Waals surface area contributed by atoms with Gasteiger partial charge in [-0.25, -0.2) is 23.9 Å². The number of esters is 1. The van der Waals surface area contributed by atoms with Gasteiger partial charge < -0.3 is 39.8 Å². The van der Waals surface area contributed by atoms with Crippen molar-refractivity contribution in [1.29, 1.82) is 0 Å². The molecule has 2 fully saturated rings. The van der Waals surface area contributed by atoms with Crippen molar-refractivity contribution >= 4 is 29.0 Å². The Hall–Kier alpha value is -4.43. The van der Waals surface area contributed by atoms with Crippen LogP contribution < -0.4 is 22.3 Å². The number of aliphatic hydroxyl groups excluding tert-OH is 1. The molecule has 2 saturated heterocycles. The summed E-state index contributed by atoms with van der Waals surface area (Å²) < 4.78 is 30.9. The maximum atomic E-state index is 13.4. The minimum atomic E-state index is -1.09. The maximum Gasteiger partial charge on any atom is 0.338 e. The quantitative estimate of drug-likeness (QED) is 0.0502. The highest BCUT2D eigenvalue weighted by atomic mass is 17.2. The summed E-state index contributed by atoms with van der Waals surface area (Å²) >= 11 is 0. The lowest BCUT2D eigenvalue weighted by molar-refractivity contribution is -0.303. The van der Waals surface area contributed by atoms with E-state index in [4.69, 9.17) is 39.2 Å². The molecule has 1 unspecified atom stereocenters. The number of hydrogen-bond acceptors (Lipinski definition) is 14. The van der Waals surface area contributed by atoms with Gasteiger partial charge in [0.1, 0.15) is 38.1 Å². The number of benzene rings is 1. The Morgan fingerprint density at radius 2 is 1.78 bits per heavy atom. The molecule has 5 N–H and O–H groups in total. The largest absolute Gasteiger partial charge is 0.460 e. The first-order valence-corrected chi connectivity index (χ1v) is 14.3. The minimum absolute atomic E-state index is 0.0119. The fraction of sp³-hybridized carbons (Fsp3) is 0.464.